The van der Waals surface area contributed by atoms with Crippen molar-refractivity contribution in [3.8, 4) is 0 Å². The summed E-state index contributed by atoms with van der Waals surface area (Å²) in [6.45, 7) is 6.86. The maximum atomic E-state index is 6.02. The fourth-order valence-electron chi connectivity index (χ4n) is 2.91. The van der Waals surface area contributed by atoms with Crippen molar-refractivity contribution in [2.45, 2.75) is 39.5 Å². The van der Waals surface area contributed by atoms with Gasteiger partial charge in [0.1, 0.15) is 0 Å². The molecule has 6 heteroatoms. The Morgan fingerprint density at radius 3 is 2.45 bits per heavy atom. The van der Waals surface area contributed by atoms with Crippen molar-refractivity contribution in [1.82, 2.24) is 15.0 Å². The molecule has 2 fully saturated rings. The maximum Gasteiger partial charge on any atom is 0.231 e. The van der Waals surface area contributed by atoms with E-state index in [0.717, 1.165) is 25.6 Å². The highest BCUT2D eigenvalue weighted by Gasteiger charge is 2.53. The second-order valence-electron chi connectivity index (χ2n) is 5.89. The molecule has 1 aromatic rings. The summed E-state index contributed by atoms with van der Waals surface area (Å²) in [6, 6.07) is 0. The SMILES string of the molecule is CCN(CC)c1nc(Cl)nc(NCC2(C3CC3)CC2)n1. The van der Waals surface area contributed by atoms with Crippen LogP contribution in [-0.2, 0) is 0 Å². The zero-order valence-electron chi connectivity index (χ0n) is 12.2. The third-order valence-electron chi connectivity index (χ3n) is 4.58. The highest BCUT2D eigenvalue weighted by Crippen LogP contribution is 2.61. The Balaban J connectivity index is 1.69. The third-order valence-corrected chi connectivity index (χ3v) is 4.75. The van der Waals surface area contributed by atoms with Crippen molar-refractivity contribution in [3.05, 3.63) is 5.28 Å². The van der Waals surface area contributed by atoms with Gasteiger partial charge in [0, 0.05) is 19.6 Å². The third kappa shape index (κ3) is 2.82. The van der Waals surface area contributed by atoms with E-state index >= 15 is 0 Å². The summed E-state index contributed by atoms with van der Waals surface area (Å²) >= 11 is 6.02. The van der Waals surface area contributed by atoms with E-state index in [2.05, 4.69) is 39.0 Å². The molecule has 0 amide bonds. The minimum absolute atomic E-state index is 0.265. The Morgan fingerprint density at radius 1 is 1.20 bits per heavy atom. The van der Waals surface area contributed by atoms with Crippen molar-refractivity contribution < 1.29 is 0 Å². The van der Waals surface area contributed by atoms with Gasteiger partial charge < -0.3 is 10.2 Å². The average Bonchev–Trinajstić information content (AvgIpc) is 3.29. The first-order valence-electron chi connectivity index (χ1n) is 7.57. The summed E-state index contributed by atoms with van der Waals surface area (Å²) in [5, 5.41) is 3.64. The van der Waals surface area contributed by atoms with Crippen LogP contribution < -0.4 is 10.2 Å². The fraction of sp³-hybridized carbons (Fsp3) is 0.786. The Kier molecular flexibility index (Phi) is 3.71. The van der Waals surface area contributed by atoms with E-state index in [1.807, 2.05) is 0 Å². The molecule has 0 aromatic carbocycles. The van der Waals surface area contributed by atoms with Gasteiger partial charge in [-0.05, 0) is 62.5 Å². The molecular weight excluding hydrogens is 274 g/mol. The quantitative estimate of drug-likeness (QED) is 0.838. The van der Waals surface area contributed by atoms with Gasteiger partial charge in [-0.15, -0.1) is 0 Å². The molecule has 3 rings (SSSR count). The van der Waals surface area contributed by atoms with E-state index in [-0.39, 0.29) is 5.28 Å². The molecule has 5 nitrogen and oxygen atoms in total. The predicted molar refractivity (Wildman–Crippen MR) is 81.3 cm³/mol. The van der Waals surface area contributed by atoms with Gasteiger partial charge in [0.25, 0.3) is 0 Å². The molecule has 2 aliphatic carbocycles. The van der Waals surface area contributed by atoms with Crippen LogP contribution in [0.5, 0.6) is 0 Å². The maximum absolute atomic E-state index is 6.02. The lowest BCUT2D eigenvalue weighted by atomic mass is 10.0. The Morgan fingerprint density at radius 2 is 1.90 bits per heavy atom. The van der Waals surface area contributed by atoms with Gasteiger partial charge in [0.2, 0.25) is 17.2 Å². The Bertz CT molecular complexity index is 480. The van der Waals surface area contributed by atoms with Crippen molar-refractivity contribution in [2.75, 3.05) is 29.9 Å². The van der Waals surface area contributed by atoms with Crippen LogP contribution in [0.25, 0.3) is 0 Å². The second-order valence-corrected chi connectivity index (χ2v) is 6.23. The minimum atomic E-state index is 0.265. The van der Waals surface area contributed by atoms with Gasteiger partial charge in [-0.3, -0.25) is 0 Å². The summed E-state index contributed by atoms with van der Waals surface area (Å²) in [4.78, 5) is 15.0. The first-order chi connectivity index (χ1) is 9.66. The summed E-state index contributed by atoms with van der Waals surface area (Å²) in [7, 11) is 0. The second kappa shape index (κ2) is 5.35. The van der Waals surface area contributed by atoms with Crippen LogP contribution in [0.4, 0.5) is 11.9 Å². The van der Waals surface area contributed by atoms with Gasteiger partial charge in [-0.25, -0.2) is 0 Å². The zero-order chi connectivity index (χ0) is 14.2. The Labute approximate surface area is 125 Å². The number of rotatable bonds is 7. The summed E-state index contributed by atoms with van der Waals surface area (Å²) in [5.41, 5.74) is 0.522. The van der Waals surface area contributed by atoms with Crippen molar-refractivity contribution in [3.63, 3.8) is 0 Å². The number of nitrogens with zero attached hydrogens (tertiary/aromatic N) is 4. The van der Waals surface area contributed by atoms with E-state index < -0.39 is 0 Å². The van der Waals surface area contributed by atoms with Crippen molar-refractivity contribution >= 4 is 23.5 Å². The summed E-state index contributed by atoms with van der Waals surface area (Å²) in [6.07, 6.45) is 5.47. The monoisotopic (exact) mass is 295 g/mol. The van der Waals surface area contributed by atoms with Crippen LogP contribution in [0.15, 0.2) is 0 Å². The summed E-state index contributed by atoms with van der Waals surface area (Å²) in [5.74, 6) is 2.20. The molecular formula is C14H22ClN5. The number of halogens is 1. The van der Waals surface area contributed by atoms with E-state index in [1.54, 1.807) is 0 Å². The molecule has 1 N–H and O–H groups in total. The standard InChI is InChI=1S/C14H22ClN5/c1-3-20(4-2)13-18-11(15)17-12(19-13)16-9-14(7-8-14)10-5-6-10/h10H,3-9H2,1-2H3,(H,16,17,18,19). The van der Waals surface area contributed by atoms with Crippen molar-refractivity contribution in [1.29, 1.82) is 0 Å². The van der Waals surface area contributed by atoms with Gasteiger partial charge in [-0.1, -0.05) is 0 Å². The number of hydrogen-bond acceptors (Lipinski definition) is 5. The Hall–Kier alpha value is -1.10. The van der Waals surface area contributed by atoms with E-state index in [1.165, 1.54) is 25.7 Å². The highest BCUT2D eigenvalue weighted by molar-refractivity contribution is 6.28. The first kappa shape index (κ1) is 13.9. The predicted octanol–water partition coefficient (Wildman–Crippen LogP) is 2.97. The minimum Gasteiger partial charge on any atom is -0.353 e. The molecule has 2 aliphatic rings. The van der Waals surface area contributed by atoms with E-state index in [0.29, 0.717) is 17.3 Å². The van der Waals surface area contributed by atoms with Crippen LogP contribution in [-0.4, -0.2) is 34.6 Å². The molecule has 0 atom stereocenters. The largest absolute Gasteiger partial charge is 0.353 e. The number of aromatic nitrogens is 3. The number of nitrogens with one attached hydrogen (secondary N) is 1. The highest BCUT2D eigenvalue weighted by atomic mass is 35.5. The average molecular weight is 296 g/mol. The lowest BCUT2D eigenvalue weighted by molar-refractivity contribution is 0.465. The lowest BCUT2D eigenvalue weighted by Crippen LogP contribution is -2.25. The molecule has 0 spiro atoms. The molecule has 0 unspecified atom stereocenters. The molecule has 1 heterocycles. The molecule has 0 saturated heterocycles. The number of anilines is 2. The smallest absolute Gasteiger partial charge is 0.231 e. The molecule has 0 bridgehead atoms. The molecule has 110 valence electrons. The summed E-state index contributed by atoms with van der Waals surface area (Å²) < 4.78 is 0. The molecule has 0 aliphatic heterocycles. The number of hydrogen-bond donors (Lipinski definition) is 1. The molecule has 2 saturated carbocycles. The van der Waals surface area contributed by atoms with Gasteiger partial charge in [0.05, 0.1) is 0 Å². The van der Waals surface area contributed by atoms with Crippen molar-refractivity contribution in [2.24, 2.45) is 11.3 Å². The lowest BCUT2D eigenvalue weighted by Gasteiger charge is -2.20. The normalized spacial score (nSPS) is 19.8. The van der Waals surface area contributed by atoms with Crippen LogP contribution >= 0.6 is 11.6 Å². The zero-order valence-corrected chi connectivity index (χ0v) is 12.9. The van der Waals surface area contributed by atoms with E-state index in [9.17, 15) is 0 Å². The molecule has 1 aromatic heterocycles. The first-order valence-corrected chi connectivity index (χ1v) is 7.95. The van der Waals surface area contributed by atoms with Crippen LogP contribution in [0.1, 0.15) is 39.5 Å². The van der Waals surface area contributed by atoms with Gasteiger partial charge in [0.15, 0.2) is 0 Å². The molecule has 20 heavy (non-hydrogen) atoms. The molecule has 0 radical (unpaired) electrons. The van der Waals surface area contributed by atoms with Crippen LogP contribution in [0, 0.1) is 11.3 Å². The van der Waals surface area contributed by atoms with Crippen LogP contribution in [0.2, 0.25) is 5.28 Å². The fourth-order valence-corrected chi connectivity index (χ4v) is 3.06. The van der Waals surface area contributed by atoms with Crippen LogP contribution in [0.3, 0.4) is 0 Å². The van der Waals surface area contributed by atoms with E-state index in [4.69, 9.17) is 11.6 Å². The van der Waals surface area contributed by atoms with Gasteiger partial charge >= 0.3 is 0 Å². The van der Waals surface area contributed by atoms with Gasteiger partial charge in [-0.2, -0.15) is 15.0 Å². The topological polar surface area (TPSA) is 53.9 Å².